The third kappa shape index (κ3) is 3.81. The number of aromatic nitrogens is 3. The van der Waals surface area contributed by atoms with Gasteiger partial charge in [0.15, 0.2) is 5.82 Å². The highest BCUT2D eigenvalue weighted by atomic mass is 35.5. The molecular formula is C13H17ClN4O2S. The summed E-state index contributed by atoms with van der Waals surface area (Å²) in [6.07, 6.45) is 1.52. The Morgan fingerprint density at radius 1 is 1.38 bits per heavy atom. The van der Waals surface area contributed by atoms with Gasteiger partial charge in [0, 0.05) is 19.5 Å². The monoisotopic (exact) mass is 328 g/mol. The lowest BCUT2D eigenvalue weighted by atomic mass is 10.4. The molecular weight excluding hydrogens is 312 g/mol. The molecule has 0 saturated heterocycles. The van der Waals surface area contributed by atoms with E-state index in [1.54, 1.807) is 18.4 Å². The average Bonchev–Trinajstić information content (AvgIpc) is 2.95. The Morgan fingerprint density at radius 3 is 2.81 bits per heavy atom. The molecule has 2 aromatic rings. The first kappa shape index (κ1) is 15.9. The van der Waals surface area contributed by atoms with Gasteiger partial charge >= 0.3 is 6.01 Å². The topological polar surface area (TPSA) is 60.4 Å². The molecule has 0 aliphatic carbocycles. The summed E-state index contributed by atoms with van der Waals surface area (Å²) < 4.78 is 10.3. The number of hydrogen-bond donors (Lipinski definition) is 0. The van der Waals surface area contributed by atoms with Crippen molar-refractivity contribution in [2.75, 3.05) is 26.2 Å². The maximum atomic E-state index is 6.13. The van der Waals surface area contributed by atoms with Crippen LogP contribution < -0.4 is 9.64 Å². The SMILES string of the molecule is COc1ncc(Cl)c(N(C)Cc2csc(C(C)OC)n2)n1. The molecule has 0 aliphatic heterocycles. The van der Waals surface area contributed by atoms with E-state index in [4.69, 9.17) is 21.1 Å². The number of nitrogens with zero attached hydrogens (tertiary/aromatic N) is 4. The Bertz CT molecular complexity index is 608. The summed E-state index contributed by atoms with van der Waals surface area (Å²) in [5.41, 5.74) is 0.940. The highest BCUT2D eigenvalue weighted by Gasteiger charge is 2.14. The van der Waals surface area contributed by atoms with Gasteiger partial charge in [-0.25, -0.2) is 9.97 Å². The lowest BCUT2D eigenvalue weighted by Gasteiger charge is -2.18. The van der Waals surface area contributed by atoms with Crippen molar-refractivity contribution in [1.29, 1.82) is 0 Å². The number of methoxy groups -OCH3 is 2. The van der Waals surface area contributed by atoms with E-state index >= 15 is 0 Å². The van der Waals surface area contributed by atoms with Crippen LogP contribution in [0.1, 0.15) is 23.7 Å². The summed E-state index contributed by atoms with van der Waals surface area (Å²) in [5.74, 6) is 0.609. The summed E-state index contributed by atoms with van der Waals surface area (Å²) in [6.45, 7) is 2.56. The minimum atomic E-state index is -0.00297. The largest absolute Gasteiger partial charge is 0.467 e. The zero-order valence-electron chi connectivity index (χ0n) is 12.3. The summed E-state index contributed by atoms with van der Waals surface area (Å²) in [4.78, 5) is 14.7. The van der Waals surface area contributed by atoms with E-state index in [0.29, 0.717) is 17.4 Å². The highest BCUT2D eigenvalue weighted by Crippen LogP contribution is 2.26. The molecule has 8 heteroatoms. The third-order valence-electron chi connectivity index (χ3n) is 2.92. The van der Waals surface area contributed by atoms with E-state index < -0.39 is 0 Å². The van der Waals surface area contributed by atoms with Gasteiger partial charge in [-0.2, -0.15) is 4.98 Å². The lowest BCUT2D eigenvalue weighted by Crippen LogP contribution is -2.19. The van der Waals surface area contributed by atoms with Crippen LogP contribution in [0, 0.1) is 0 Å². The maximum absolute atomic E-state index is 6.13. The van der Waals surface area contributed by atoms with Gasteiger partial charge in [0.25, 0.3) is 0 Å². The zero-order chi connectivity index (χ0) is 15.4. The number of ether oxygens (including phenoxy) is 2. The van der Waals surface area contributed by atoms with E-state index in [-0.39, 0.29) is 12.1 Å². The van der Waals surface area contributed by atoms with Crippen LogP contribution in [0.25, 0.3) is 0 Å². The molecule has 1 unspecified atom stereocenters. The Labute approximate surface area is 132 Å². The van der Waals surface area contributed by atoms with E-state index in [1.807, 2.05) is 24.3 Å². The van der Waals surface area contributed by atoms with E-state index in [1.165, 1.54) is 13.3 Å². The second-order valence-electron chi connectivity index (χ2n) is 4.44. The molecule has 2 aromatic heterocycles. The van der Waals surface area contributed by atoms with Gasteiger partial charge in [0.05, 0.1) is 25.5 Å². The van der Waals surface area contributed by atoms with Gasteiger partial charge in [-0.3, -0.25) is 0 Å². The van der Waals surface area contributed by atoms with Gasteiger partial charge in [-0.1, -0.05) is 11.6 Å². The molecule has 6 nitrogen and oxygen atoms in total. The average molecular weight is 329 g/mol. The normalized spacial score (nSPS) is 12.2. The quantitative estimate of drug-likeness (QED) is 0.812. The van der Waals surface area contributed by atoms with Crippen LogP contribution >= 0.6 is 22.9 Å². The van der Waals surface area contributed by atoms with Gasteiger partial charge < -0.3 is 14.4 Å². The molecule has 0 aromatic carbocycles. The molecule has 0 aliphatic rings. The summed E-state index contributed by atoms with van der Waals surface area (Å²) in [6, 6.07) is 0.285. The fourth-order valence-corrected chi connectivity index (χ4v) is 2.79. The third-order valence-corrected chi connectivity index (χ3v) is 4.24. The number of thiazole rings is 1. The molecule has 0 amide bonds. The Balaban J connectivity index is 2.14. The first-order valence-corrected chi connectivity index (χ1v) is 7.55. The first-order chi connectivity index (χ1) is 10.0. The van der Waals surface area contributed by atoms with Crippen molar-refractivity contribution in [3.8, 4) is 6.01 Å². The number of anilines is 1. The van der Waals surface area contributed by atoms with E-state index in [0.717, 1.165) is 10.7 Å². The zero-order valence-corrected chi connectivity index (χ0v) is 13.9. The van der Waals surface area contributed by atoms with Crippen LogP contribution in [0.4, 0.5) is 5.82 Å². The Kier molecular flexibility index (Phi) is 5.33. The van der Waals surface area contributed by atoms with Gasteiger partial charge in [-0.05, 0) is 6.92 Å². The van der Waals surface area contributed by atoms with Crippen molar-refractivity contribution in [3.05, 3.63) is 27.3 Å². The Morgan fingerprint density at radius 2 is 2.14 bits per heavy atom. The van der Waals surface area contributed by atoms with Crippen LogP contribution in [0.3, 0.4) is 0 Å². The molecule has 0 radical (unpaired) electrons. The molecule has 0 fully saturated rings. The first-order valence-electron chi connectivity index (χ1n) is 6.30. The summed E-state index contributed by atoms with van der Waals surface area (Å²) in [5, 5.41) is 3.43. The van der Waals surface area contributed by atoms with E-state index in [9.17, 15) is 0 Å². The molecule has 0 bridgehead atoms. The minimum absolute atomic E-state index is 0.00297. The summed E-state index contributed by atoms with van der Waals surface area (Å²) >= 11 is 7.71. The summed E-state index contributed by atoms with van der Waals surface area (Å²) in [7, 11) is 5.09. The van der Waals surface area contributed by atoms with Crippen LogP contribution in [-0.2, 0) is 11.3 Å². The standard InChI is InChI=1S/C13H17ClN4O2S/c1-8(19-3)12-16-9(7-21-12)6-18(2)11-10(14)5-15-13(17-11)20-4/h5,7-8H,6H2,1-4H3. The van der Waals surface area contributed by atoms with Crippen molar-refractivity contribution in [2.45, 2.75) is 19.6 Å². The van der Waals surface area contributed by atoms with Crippen LogP contribution in [-0.4, -0.2) is 36.2 Å². The Hall–Kier alpha value is -1.44. The minimum Gasteiger partial charge on any atom is -0.467 e. The molecule has 1 atom stereocenters. The smallest absolute Gasteiger partial charge is 0.318 e. The fraction of sp³-hybridized carbons (Fsp3) is 0.462. The molecule has 0 N–H and O–H groups in total. The number of rotatable bonds is 6. The molecule has 114 valence electrons. The van der Waals surface area contributed by atoms with Gasteiger partial charge in [-0.15, -0.1) is 11.3 Å². The van der Waals surface area contributed by atoms with Crippen molar-refractivity contribution >= 4 is 28.8 Å². The molecule has 21 heavy (non-hydrogen) atoms. The molecule has 2 rings (SSSR count). The van der Waals surface area contributed by atoms with Crippen LogP contribution in [0.15, 0.2) is 11.6 Å². The van der Waals surface area contributed by atoms with E-state index in [2.05, 4.69) is 15.0 Å². The molecule has 0 spiro atoms. The maximum Gasteiger partial charge on any atom is 0.318 e. The van der Waals surface area contributed by atoms with Gasteiger partial charge in [0.2, 0.25) is 0 Å². The predicted molar refractivity (Wildman–Crippen MR) is 83.2 cm³/mol. The van der Waals surface area contributed by atoms with Crippen molar-refractivity contribution in [3.63, 3.8) is 0 Å². The number of hydrogen-bond acceptors (Lipinski definition) is 7. The van der Waals surface area contributed by atoms with Crippen molar-refractivity contribution < 1.29 is 9.47 Å². The highest BCUT2D eigenvalue weighted by molar-refractivity contribution is 7.09. The van der Waals surface area contributed by atoms with Crippen molar-refractivity contribution in [2.24, 2.45) is 0 Å². The lowest BCUT2D eigenvalue weighted by molar-refractivity contribution is 0.119. The predicted octanol–water partition coefficient (Wildman–Crippen LogP) is 2.94. The van der Waals surface area contributed by atoms with Gasteiger partial charge in [0.1, 0.15) is 16.1 Å². The molecule has 0 saturated carbocycles. The second kappa shape index (κ2) is 7.02. The van der Waals surface area contributed by atoms with Crippen molar-refractivity contribution in [1.82, 2.24) is 15.0 Å². The molecule has 2 heterocycles. The van der Waals surface area contributed by atoms with Crippen LogP contribution in [0.2, 0.25) is 5.02 Å². The van der Waals surface area contributed by atoms with Crippen LogP contribution in [0.5, 0.6) is 6.01 Å². The number of halogens is 1. The fourth-order valence-electron chi connectivity index (χ4n) is 1.71. The second-order valence-corrected chi connectivity index (χ2v) is 5.74.